The molecule has 3 rings (SSSR count). The van der Waals surface area contributed by atoms with E-state index < -0.39 is 0 Å². The standard InChI is InChI=1S/C17H32N2S/c1-20-17-11-3-2-9-16(17)19-15-10-6-7-13(15)14-8-4-5-12-18-14/h13-19H,2-12H2,1H3. The van der Waals surface area contributed by atoms with Crippen LogP contribution in [0.15, 0.2) is 0 Å². The summed E-state index contributed by atoms with van der Waals surface area (Å²) in [4.78, 5) is 0. The quantitative estimate of drug-likeness (QED) is 0.829. The first-order valence-electron chi connectivity index (χ1n) is 8.90. The maximum atomic E-state index is 4.11. The summed E-state index contributed by atoms with van der Waals surface area (Å²) in [6.45, 7) is 1.25. The maximum Gasteiger partial charge on any atom is 0.0198 e. The average molecular weight is 297 g/mol. The Balaban J connectivity index is 1.57. The fourth-order valence-electron chi connectivity index (χ4n) is 4.77. The van der Waals surface area contributed by atoms with Gasteiger partial charge in [0.2, 0.25) is 0 Å². The van der Waals surface area contributed by atoms with Crippen LogP contribution in [0.1, 0.15) is 64.2 Å². The lowest BCUT2D eigenvalue weighted by atomic mass is 9.87. The molecule has 2 N–H and O–H groups in total. The van der Waals surface area contributed by atoms with Gasteiger partial charge in [-0.25, -0.2) is 0 Å². The lowest BCUT2D eigenvalue weighted by Crippen LogP contribution is -2.52. The van der Waals surface area contributed by atoms with E-state index in [9.17, 15) is 0 Å². The number of nitrogens with one attached hydrogen (secondary N) is 2. The van der Waals surface area contributed by atoms with Gasteiger partial charge in [-0.2, -0.15) is 11.8 Å². The van der Waals surface area contributed by atoms with Crippen LogP contribution in [0.25, 0.3) is 0 Å². The van der Waals surface area contributed by atoms with Crippen molar-refractivity contribution in [3.05, 3.63) is 0 Å². The third-order valence-corrected chi connectivity index (χ3v) is 7.04. The molecular formula is C17H32N2S. The Morgan fingerprint density at radius 1 is 0.850 bits per heavy atom. The fourth-order valence-corrected chi connectivity index (χ4v) is 5.71. The molecule has 3 aliphatic rings. The number of hydrogen-bond acceptors (Lipinski definition) is 3. The number of rotatable bonds is 4. The zero-order valence-electron chi connectivity index (χ0n) is 13.1. The predicted octanol–water partition coefficient (Wildman–Crippen LogP) is 3.56. The summed E-state index contributed by atoms with van der Waals surface area (Å²) in [7, 11) is 0. The molecule has 3 heteroatoms. The second kappa shape index (κ2) is 7.51. The Morgan fingerprint density at radius 3 is 2.45 bits per heavy atom. The van der Waals surface area contributed by atoms with Crippen LogP contribution in [0.2, 0.25) is 0 Å². The molecule has 2 aliphatic carbocycles. The molecule has 0 amide bonds. The molecule has 1 aliphatic heterocycles. The van der Waals surface area contributed by atoms with Gasteiger partial charge in [-0.3, -0.25) is 0 Å². The number of thioether (sulfide) groups is 1. The van der Waals surface area contributed by atoms with Gasteiger partial charge in [0.1, 0.15) is 0 Å². The average Bonchev–Trinajstić information content (AvgIpc) is 2.97. The first kappa shape index (κ1) is 15.2. The van der Waals surface area contributed by atoms with E-state index >= 15 is 0 Å². The molecule has 0 spiro atoms. The molecule has 0 aromatic rings. The highest BCUT2D eigenvalue weighted by atomic mass is 32.2. The van der Waals surface area contributed by atoms with E-state index in [1.165, 1.54) is 70.8 Å². The summed E-state index contributed by atoms with van der Waals surface area (Å²) < 4.78 is 0. The molecule has 0 aromatic carbocycles. The first-order valence-corrected chi connectivity index (χ1v) is 10.2. The van der Waals surface area contributed by atoms with Gasteiger partial charge in [-0.1, -0.05) is 25.7 Å². The highest BCUT2D eigenvalue weighted by Gasteiger charge is 2.36. The molecular weight excluding hydrogens is 264 g/mol. The minimum Gasteiger partial charge on any atom is -0.314 e. The maximum absolute atomic E-state index is 4.11. The summed E-state index contributed by atoms with van der Waals surface area (Å²) in [5, 5.41) is 8.78. The predicted molar refractivity (Wildman–Crippen MR) is 89.5 cm³/mol. The van der Waals surface area contributed by atoms with E-state index in [0.29, 0.717) is 0 Å². The molecule has 2 nitrogen and oxygen atoms in total. The van der Waals surface area contributed by atoms with Crippen LogP contribution in [-0.4, -0.2) is 36.2 Å². The molecule has 1 heterocycles. The van der Waals surface area contributed by atoms with Crippen molar-refractivity contribution < 1.29 is 0 Å². The van der Waals surface area contributed by atoms with Gasteiger partial charge >= 0.3 is 0 Å². The number of piperidine rings is 1. The van der Waals surface area contributed by atoms with Gasteiger partial charge in [0.15, 0.2) is 0 Å². The van der Waals surface area contributed by atoms with Crippen molar-refractivity contribution in [1.29, 1.82) is 0 Å². The Kier molecular flexibility index (Phi) is 5.70. The largest absolute Gasteiger partial charge is 0.314 e. The number of hydrogen-bond donors (Lipinski definition) is 2. The lowest BCUT2D eigenvalue weighted by Gasteiger charge is -2.38. The molecule has 116 valence electrons. The minimum atomic E-state index is 0.785. The van der Waals surface area contributed by atoms with Crippen LogP contribution in [0.5, 0.6) is 0 Å². The van der Waals surface area contributed by atoms with Gasteiger partial charge in [0, 0.05) is 23.4 Å². The molecule has 0 bridgehead atoms. The van der Waals surface area contributed by atoms with Crippen molar-refractivity contribution in [3.8, 4) is 0 Å². The van der Waals surface area contributed by atoms with Crippen molar-refractivity contribution in [2.45, 2.75) is 87.6 Å². The molecule has 3 fully saturated rings. The van der Waals surface area contributed by atoms with E-state index in [0.717, 1.165) is 29.3 Å². The van der Waals surface area contributed by atoms with Crippen LogP contribution in [0, 0.1) is 5.92 Å². The Bertz CT molecular complexity index is 291. The minimum absolute atomic E-state index is 0.785. The van der Waals surface area contributed by atoms with E-state index in [4.69, 9.17) is 0 Å². The zero-order chi connectivity index (χ0) is 13.8. The molecule has 2 saturated carbocycles. The van der Waals surface area contributed by atoms with E-state index in [-0.39, 0.29) is 0 Å². The monoisotopic (exact) mass is 296 g/mol. The van der Waals surface area contributed by atoms with Gasteiger partial charge in [-0.05, 0) is 57.2 Å². The van der Waals surface area contributed by atoms with Crippen molar-refractivity contribution in [3.63, 3.8) is 0 Å². The summed E-state index contributed by atoms with van der Waals surface area (Å²) in [5.41, 5.74) is 0. The fraction of sp³-hybridized carbons (Fsp3) is 1.00. The van der Waals surface area contributed by atoms with Crippen molar-refractivity contribution >= 4 is 11.8 Å². The van der Waals surface area contributed by atoms with Crippen molar-refractivity contribution in [1.82, 2.24) is 10.6 Å². The van der Waals surface area contributed by atoms with Gasteiger partial charge in [0.05, 0.1) is 0 Å². The smallest absolute Gasteiger partial charge is 0.0198 e. The highest BCUT2D eigenvalue weighted by molar-refractivity contribution is 7.99. The van der Waals surface area contributed by atoms with Crippen molar-refractivity contribution in [2.24, 2.45) is 5.92 Å². The SMILES string of the molecule is CSC1CCCCC1NC1CCCC1C1CCCCN1. The third-order valence-electron chi connectivity index (χ3n) is 5.87. The second-order valence-electron chi connectivity index (χ2n) is 7.09. The van der Waals surface area contributed by atoms with Crippen LogP contribution in [0.3, 0.4) is 0 Å². The second-order valence-corrected chi connectivity index (χ2v) is 8.17. The molecule has 20 heavy (non-hydrogen) atoms. The summed E-state index contributed by atoms with van der Waals surface area (Å²) in [5.74, 6) is 0.903. The summed E-state index contributed by atoms with van der Waals surface area (Å²) in [6.07, 6.45) is 16.6. The highest BCUT2D eigenvalue weighted by Crippen LogP contribution is 2.34. The molecule has 0 aromatic heterocycles. The van der Waals surface area contributed by atoms with Crippen LogP contribution in [-0.2, 0) is 0 Å². The molecule has 5 atom stereocenters. The lowest BCUT2D eigenvalue weighted by molar-refractivity contribution is 0.234. The van der Waals surface area contributed by atoms with Gasteiger partial charge in [0.25, 0.3) is 0 Å². The molecule has 0 radical (unpaired) electrons. The third kappa shape index (κ3) is 3.53. The van der Waals surface area contributed by atoms with Crippen LogP contribution < -0.4 is 10.6 Å². The van der Waals surface area contributed by atoms with Crippen molar-refractivity contribution in [2.75, 3.05) is 12.8 Å². The Morgan fingerprint density at radius 2 is 1.65 bits per heavy atom. The van der Waals surface area contributed by atoms with Gasteiger partial charge in [-0.15, -0.1) is 0 Å². The topological polar surface area (TPSA) is 24.1 Å². The van der Waals surface area contributed by atoms with E-state index in [2.05, 4.69) is 28.7 Å². The first-order chi connectivity index (χ1) is 9.88. The Labute approximate surface area is 129 Å². The van der Waals surface area contributed by atoms with E-state index in [1.807, 2.05) is 0 Å². The summed E-state index contributed by atoms with van der Waals surface area (Å²) >= 11 is 2.10. The van der Waals surface area contributed by atoms with E-state index in [1.54, 1.807) is 0 Å². The zero-order valence-corrected chi connectivity index (χ0v) is 13.9. The normalized spacial score (nSPS) is 42.8. The molecule has 5 unspecified atom stereocenters. The summed E-state index contributed by atoms with van der Waals surface area (Å²) in [6, 6.07) is 2.39. The van der Waals surface area contributed by atoms with Gasteiger partial charge < -0.3 is 10.6 Å². The Hall–Kier alpha value is 0.270. The van der Waals surface area contributed by atoms with Crippen LogP contribution >= 0.6 is 11.8 Å². The van der Waals surface area contributed by atoms with Crippen LogP contribution in [0.4, 0.5) is 0 Å². The molecule has 1 saturated heterocycles.